The zero-order valence-electron chi connectivity index (χ0n) is 8.47. The van der Waals surface area contributed by atoms with Gasteiger partial charge in [-0.2, -0.15) is 0 Å². The van der Waals surface area contributed by atoms with Gasteiger partial charge < -0.3 is 10.5 Å². The second-order valence-electron chi connectivity index (χ2n) is 3.82. The van der Waals surface area contributed by atoms with Crippen molar-refractivity contribution in [2.45, 2.75) is 12.3 Å². The molecule has 2 rings (SSSR count). The number of hydrogen-bond acceptors (Lipinski definition) is 2. The SMILES string of the molecule is COc1ccc(F)c(Cl)c1C1CC1CN. The van der Waals surface area contributed by atoms with Crippen LogP contribution in [0.2, 0.25) is 5.02 Å². The Hall–Kier alpha value is -0.800. The molecular formula is C11H13ClFNO. The lowest BCUT2D eigenvalue weighted by Gasteiger charge is -2.10. The summed E-state index contributed by atoms with van der Waals surface area (Å²) in [6.45, 7) is 0.612. The first-order valence-corrected chi connectivity index (χ1v) is 5.28. The van der Waals surface area contributed by atoms with Crippen LogP contribution in [0, 0.1) is 11.7 Å². The van der Waals surface area contributed by atoms with Gasteiger partial charge in [-0.3, -0.25) is 0 Å². The number of rotatable bonds is 3. The molecule has 0 aliphatic heterocycles. The average Bonchev–Trinajstić information content (AvgIpc) is 3.00. The molecule has 0 aromatic heterocycles. The van der Waals surface area contributed by atoms with Crippen molar-refractivity contribution in [3.63, 3.8) is 0 Å². The van der Waals surface area contributed by atoms with E-state index in [1.807, 2.05) is 0 Å². The van der Waals surface area contributed by atoms with Crippen LogP contribution in [0.25, 0.3) is 0 Å². The number of ether oxygens (including phenoxy) is 1. The third kappa shape index (κ3) is 1.82. The van der Waals surface area contributed by atoms with Crippen molar-refractivity contribution >= 4 is 11.6 Å². The molecular weight excluding hydrogens is 217 g/mol. The fourth-order valence-electron chi connectivity index (χ4n) is 1.93. The van der Waals surface area contributed by atoms with Gasteiger partial charge in [-0.1, -0.05) is 11.6 Å². The molecule has 1 aromatic rings. The van der Waals surface area contributed by atoms with Gasteiger partial charge in [-0.25, -0.2) is 4.39 Å². The molecule has 1 saturated carbocycles. The first kappa shape index (κ1) is 10.7. The van der Waals surface area contributed by atoms with E-state index in [-0.39, 0.29) is 10.9 Å². The standard InChI is InChI=1S/C11H13ClFNO/c1-15-9-3-2-8(13)11(12)10(9)7-4-6(7)5-14/h2-3,6-7H,4-5,14H2,1H3. The van der Waals surface area contributed by atoms with E-state index < -0.39 is 5.82 Å². The third-order valence-corrected chi connectivity index (χ3v) is 3.29. The zero-order valence-corrected chi connectivity index (χ0v) is 9.22. The van der Waals surface area contributed by atoms with Crippen LogP contribution in [0.1, 0.15) is 17.9 Å². The summed E-state index contributed by atoms with van der Waals surface area (Å²) >= 11 is 5.94. The maximum Gasteiger partial charge on any atom is 0.142 e. The molecule has 82 valence electrons. The third-order valence-electron chi connectivity index (χ3n) is 2.91. The zero-order chi connectivity index (χ0) is 11.0. The Bertz CT molecular complexity index is 383. The molecule has 0 saturated heterocycles. The van der Waals surface area contributed by atoms with Crippen LogP contribution >= 0.6 is 11.6 Å². The van der Waals surface area contributed by atoms with E-state index >= 15 is 0 Å². The Kier molecular flexibility index (Phi) is 2.85. The Morgan fingerprint density at radius 3 is 2.87 bits per heavy atom. The van der Waals surface area contributed by atoms with Crippen LogP contribution in [-0.4, -0.2) is 13.7 Å². The summed E-state index contributed by atoms with van der Waals surface area (Å²) in [5.74, 6) is 0.934. The first-order valence-electron chi connectivity index (χ1n) is 4.91. The highest BCUT2D eigenvalue weighted by Crippen LogP contribution is 2.52. The van der Waals surface area contributed by atoms with Crippen molar-refractivity contribution in [2.24, 2.45) is 11.7 Å². The average molecular weight is 230 g/mol. The second-order valence-corrected chi connectivity index (χ2v) is 4.19. The summed E-state index contributed by atoms with van der Waals surface area (Å²) in [6, 6.07) is 2.94. The largest absolute Gasteiger partial charge is 0.496 e. The molecule has 2 nitrogen and oxygen atoms in total. The number of halogens is 2. The molecule has 0 spiro atoms. The molecule has 15 heavy (non-hydrogen) atoms. The minimum absolute atomic E-state index is 0.176. The van der Waals surface area contributed by atoms with E-state index in [9.17, 15) is 4.39 Å². The molecule has 2 unspecified atom stereocenters. The highest BCUT2D eigenvalue weighted by Gasteiger charge is 2.40. The minimum atomic E-state index is -0.393. The molecule has 2 atom stereocenters. The molecule has 0 amide bonds. The highest BCUT2D eigenvalue weighted by atomic mass is 35.5. The second kappa shape index (κ2) is 3.99. The summed E-state index contributed by atoms with van der Waals surface area (Å²) < 4.78 is 18.5. The van der Waals surface area contributed by atoms with Crippen molar-refractivity contribution in [1.29, 1.82) is 0 Å². The van der Waals surface area contributed by atoms with Gasteiger partial charge in [0.25, 0.3) is 0 Å². The van der Waals surface area contributed by atoms with Gasteiger partial charge in [0.05, 0.1) is 12.1 Å². The lowest BCUT2D eigenvalue weighted by atomic mass is 10.1. The number of nitrogens with two attached hydrogens (primary N) is 1. The predicted octanol–water partition coefficient (Wildman–Crippen LogP) is 2.55. The predicted molar refractivity (Wildman–Crippen MR) is 57.9 cm³/mol. The van der Waals surface area contributed by atoms with E-state index in [1.165, 1.54) is 6.07 Å². The Morgan fingerprint density at radius 2 is 2.33 bits per heavy atom. The summed E-state index contributed by atoms with van der Waals surface area (Å²) in [5, 5.41) is 0.176. The van der Waals surface area contributed by atoms with E-state index in [0.717, 1.165) is 12.0 Å². The normalized spacial score (nSPS) is 24.0. The number of benzene rings is 1. The number of hydrogen-bond donors (Lipinski definition) is 1. The molecule has 1 aliphatic carbocycles. The molecule has 1 aromatic carbocycles. The summed E-state index contributed by atoms with van der Waals surface area (Å²) in [5.41, 5.74) is 6.34. The fourth-order valence-corrected chi connectivity index (χ4v) is 2.23. The summed E-state index contributed by atoms with van der Waals surface area (Å²) in [4.78, 5) is 0. The van der Waals surface area contributed by atoms with Gasteiger partial charge >= 0.3 is 0 Å². The summed E-state index contributed by atoms with van der Waals surface area (Å²) in [6.07, 6.45) is 0.968. The van der Waals surface area contributed by atoms with E-state index in [2.05, 4.69) is 0 Å². The fraction of sp³-hybridized carbons (Fsp3) is 0.455. The van der Waals surface area contributed by atoms with Crippen LogP contribution in [0.3, 0.4) is 0 Å². The van der Waals surface area contributed by atoms with Crippen molar-refractivity contribution < 1.29 is 9.13 Å². The highest BCUT2D eigenvalue weighted by molar-refractivity contribution is 6.31. The Balaban J connectivity index is 2.39. The van der Waals surface area contributed by atoms with Crippen LogP contribution in [0.4, 0.5) is 4.39 Å². The molecule has 1 fully saturated rings. The van der Waals surface area contributed by atoms with Gasteiger partial charge in [-0.15, -0.1) is 0 Å². The Labute approximate surface area is 93.2 Å². The van der Waals surface area contributed by atoms with Gasteiger partial charge in [0.2, 0.25) is 0 Å². The molecule has 4 heteroatoms. The van der Waals surface area contributed by atoms with Crippen LogP contribution in [-0.2, 0) is 0 Å². The van der Waals surface area contributed by atoms with Gasteiger partial charge in [0, 0.05) is 5.56 Å². The smallest absolute Gasteiger partial charge is 0.142 e. The molecule has 1 aliphatic rings. The maximum absolute atomic E-state index is 13.3. The Morgan fingerprint density at radius 1 is 1.60 bits per heavy atom. The van der Waals surface area contributed by atoms with E-state index in [0.29, 0.717) is 18.2 Å². The van der Waals surface area contributed by atoms with Gasteiger partial charge in [-0.05, 0) is 36.9 Å². The monoisotopic (exact) mass is 229 g/mol. The van der Waals surface area contributed by atoms with Crippen LogP contribution < -0.4 is 10.5 Å². The maximum atomic E-state index is 13.3. The lowest BCUT2D eigenvalue weighted by Crippen LogP contribution is -2.03. The van der Waals surface area contributed by atoms with Crippen molar-refractivity contribution in [3.8, 4) is 5.75 Å². The number of methoxy groups -OCH3 is 1. The summed E-state index contributed by atoms with van der Waals surface area (Å²) in [7, 11) is 1.56. The minimum Gasteiger partial charge on any atom is -0.496 e. The molecule has 2 N–H and O–H groups in total. The van der Waals surface area contributed by atoms with E-state index in [1.54, 1.807) is 13.2 Å². The van der Waals surface area contributed by atoms with E-state index in [4.69, 9.17) is 22.1 Å². The van der Waals surface area contributed by atoms with Crippen LogP contribution in [0.15, 0.2) is 12.1 Å². The van der Waals surface area contributed by atoms with Crippen molar-refractivity contribution in [3.05, 3.63) is 28.5 Å². The first-order chi connectivity index (χ1) is 7.19. The molecule has 0 bridgehead atoms. The van der Waals surface area contributed by atoms with Gasteiger partial charge in [0.15, 0.2) is 0 Å². The molecule has 0 radical (unpaired) electrons. The lowest BCUT2D eigenvalue weighted by molar-refractivity contribution is 0.408. The quantitative estimate of drug-likeness (QED) is 0.865. The molecule has 0 heterocycles. The van der Waals surface area contributed by atoms with Crippen LogP contribution in [0.5, 0.6) is 5.75 Å². The van der Waals surface area contributed by atoms with Crippen molar-refractivity contribution in [2.75, 3.05) is 13.7 Å². The topological polar surface area (TPSA) is 35.2 Å². The van der Waals surface area contributed by atoms with Crippen molar-refractivity contribution in [1.82, 2.24) is 0 Å². The van der Waals surface area contributed by atoms with Gasteiger partial charge in [0.1, 0.15) is 11.6 Å².